The minimum atomic E-state index is -0.0798. The Labute approximate surface area is 154 Å². The first kappa shape index (κ1) is 18.7. The molecule has 0 spiro atoms. The number of rotatable bonds is 4. The van der Waals surface area contributed by atoms with Gasteiger partial charge in [-0.25, -0.2) is 0 Å². The summed E-state index contributed by atoms with van der Waals surface area (Å²) >= 11 is 0. The summed E-state index contributed by atoms with van der Waals surface area (Å²) in [6, 6.07) is 7.60. The number of morpholine rings is 1. The van der Waals surface area contributed by atoms with Crippen molar-refractivity contribution in [3.05, 3.63) is 35.4 Å². The predicted octanol–water partition coefficient (Wildman–Crippen LogP) is 1.00. The summed E-state index contributed by atoms with van der Waals surface area (Å²) in [5.41, 5.74) is 1.70. The zero-order valence-corrected chi connectivity index (χ0v) is 15.5. The largest absolute Gasteiger partial charge is 0.375 e. The third-order valence-corrected chi connectivity index (χ3v) is 4.85. The van der Waals surface area contributed by atoms with E-state index in [9.17, 15) is 4.79 Å². The average Bonchev–Trinajstić information content (AvgIpc) is 3.23. The van der Waals surface area contributed by atoms with E-state index in [1.165, 1.54) is 0 Å². The van der Waals surface area contributed by atoms with Crippen molar-refractivity contribution in [2.45, 2.75) is 31.6 Å². The molecule has 2 saturated heterocycles. The smallest absolute Gasteiger partial charge is 0.251 e. The lowest BCUT2D eigenvalue weighted by Gasteiger charge is -2.37. The Morgan fingerprint density at radius 2 is 2.15 bits per heavy atom. The summed E-state index contributed by atoms with van der Waals surface area (Å²) in [6.45, 7) is 3.71. The number of benzene rings is 1. The van der Waals surface area contributed by atoms with Crippen molar-refractivity contribution in [2.75, 3.05) is 40.4 Å². The number of ether oxygens (including phenoxy) is 2. The first-order valence-corrected chi connectivity index (χ1v) is 9.21. The van der Waals surface area contributed by atoms with Crippen LogP contribution in [-0.2, 0) is 16.0 Å². The highest BCUT2D eigenvalue weighted by Gasteiger charge is 2.32. The molecule has 1 aromatic rings. The molecule has 7 nitrogen and oxygen atoms in total. The van der Waals surface area contributed by atoms with Crippen molar-refractivity contribution < 1.29 is 14.3 Å². The highest BCUT2D eigenvalue weighted by Crippen LogP contribution is 2.21. The van der Waals surface area contributed by atoms with Crippen molar-refractivity contribution in [2.24, 2.45) is 4.99 Å². The number of guanidine groups is 1. The molecule has 3 rings (SSSR count). The molecule has 2 atom stereocenters. The molecule has 7 heteroatoms. The third kappa shape index (κ3) is 4.53. The molecule has 142 valence electrons. The van der Waals surface area contributed by atoms with Gasteiger partial charge in [0, 0.05) is 45.9 Å². The predicted molar refractivity (Wildman–Crippen MR) is 100 cm³/mol. The van der Waals surface area contributed by atoms with E-state index >= 15 is 0 Å². The number of hydrogen-bond donors (Lipinski definition) is 2. The maximum absolute atomic E-state index is 11.8. The molecule has 0 saturated carbocycles. The van der Waals surface area contributed by atoms with Crippen LogP contribution in [0.5, 0.6) is 0 Å². The molecular weight excluding hydrogens is 332 g/mol. The maximum atomic E-state index is 11.8. The molecule has 1 amide bonds. The first-order chi connectivity index (χ1) is 12.7. The highest BCUT2D eigenvalue weighted by atomic mass is 16.5. The number of carbonyl (C=O) groups excluding carboxylic acids is 1. The van der Waals surface area contributed by atoms with Crippen LogP contribution in [0.25, 0.3) is 0 Å². The number of hydrogen-bond acceptors (Lipinski definition) is 4. The van der Waals surface area contributed by atoms with Gasteiger partial charge in [0.2, 0.25) is 0 Å². The van der Waals surface area contributed by atoms with E-state index in [0.717, 1.165) is 44.1 Å². The van der Waals surface area contributed by atoms with Crippen molar-refractivity contribution >= 4 is 11.9 Å². The van der Waals surface area contributed by atoms with Gasteiger partial charge in [0.15, 0.2) is 5.96 Å². The number of nitrogens with zero attached hydrogens (tertiary/aromatic N) is 2. The monoisotopic (exact) mass is 360 g/mol. The Bertz CT molecular complexity index is 643. The molecular formula is C19H28N4O3. The van der Waals surface area contributed by atoms with Gasteiger partial charge in [-0.2, -0.15) is 0 Å². The third-order valence-electron chi connectivity index (χ3n) is 4.85. The van der Waals surface area contributed by atoms with Gasteiger partial charge < -0.3 is 25.0 Å². The second kappa shape index (κ2) is 9.00. The molecule has 2 N–H and O–H groups in total. The minimum Gasteiger partial charge on any atom is -0.375 e. The number of carbonyl (C=O) groups is 1. The second-order valence-electron chi connectivity index (χ2n) is 6.59. The van der Waals surface area contributed by atoms with Gasteiger partial charge in [0.05, 0.1) is 12.7 Å². The topological polar surface area (TPSA) is 75.2 Å². The number of amides is 1. The summed E-state index contributed by atoms with van der Waals surface area (Å²) in [4.78, 5) is 18.4. The molecule has 2 aliphatic rings. The van der Waals surface area contributed by atoms with E-state index < -0.39 is 0 Å². The Morgan fingerprint density at radius 3 is 2.88 bits per heavy atom. The van der Waals surface area contributed by atoms with Gasteiger partial charge in [0.1, 0.15) is 6.10 Å². The average molecular weight is 360 g/mol. The summed E-state index contributed by atoms with van der Waals surface area (Å²) in [7, 11) is 3.43. The van der Waals surface area contributed by atoms with Crippen LogP contribution in [0, 0.1) is 0 Å². The molecule has 2 unspecified atom stereocenters. The fourth-order valence-electron chi connectivity index (χ4n) is 3.47. The Balaban J connectivity index is 1.58. The van der Waals surface area contributed by atoms with Gasteiger partial charge in [-0.05, 0) is 30.5 Å². The highest BCUT2D eigenvalue weighted by molar-refractivity contribution is 5.94. The fourth-order valence-corrected chi connectivity index (χ4v) is 3.47. The maximum Gasteiger partial charge on any atom is 0.251 e. The molecule has 0 aliphatic carbocycles. The molecule has 2 aliphatic heterocycles. The van der Waals surface area contributed by atoms with E-state index in [2.05, 4.69) is 20.5 Å². The van der Waals surface area contributed by atoms with Crippen LogP contribution < -0.4 is 10.6 Å². The van der Waals surface area contributed by atoms with Gasteiger partial charge in [-0.1, -0.05) is 12.1 Å². The lowest BCUT2D eigenvalue weighted by Crippen LogP contribution is -2.53. The molecule has 2 heterocycles. The van der Waals surface area contributed by atoms with Gasteiger partial charge >= 0.3 is 0 Å². The molecule has 26 heavy (non-hydrogen) atoms. The van der Waals surface area contributed by atoms with Crippen LogP contribution >= 0.6 is 0 Å². The number of aliphatic imine (C=N–C) groups is 1. The molecule has 0 aromatic heterocycles. The van der Waals surface area contributed by atoms with E-state index in [1.54, 1.807) is 14.1 Å². The van der Waals surface area contributed by atoms with E-state index in [4.69, 9.17) is 9.47 Å². The quantitative estimate of drug-likeness (QED) is 0.619. The SMILES string of the molecule is CN=C(NCc1cccc(C(=O)NC)c1)N1CCOC(C2CCCO2)C1. The van der Waals surface area contributed by atoms with Gasteiger partial charge in [-0.3, -0.25) is 9.79 Å². The van der Waals surface area contributed by atoms with Crippen molar-refractivity contribution in [1.29, 1.82) is 0 Å². The van der Waals surface area contributed by atoms with Crippen LogP contribution in [0.4, 0.5) is 0 Å². The lowest BCUT2D eigenvalue weighted by molar-refractivity contribution is -0.0817. The zero-order valence-electron chi connectivity index (χ0n) is 15.5. The van der Waals surface area contributed by atoms with E-state index in [1.807, 2.05) is 24.3 Å². The first-order valence-electron chi connectivity index (χ1n) is 9.21. The van der Waals surface area contributed by atoms with Gasteiger partial charge in [-0.15, -0.1) is 0 Å². The lowest BCUT2D eigenvalue weighted by atomic mass is 10.1. The fraction of sp³-hybridized carbons (Fsp3) is 0.579. The molecule has 1 aromatic carbocycles. The van der Waals surface area contributed by atoms with E-state index in [0.29, 0.717) is 18.7 Å². The summed E-state index contributed by atoms with van der Waals surface area (Å²) in [5.74, 6) is 0.769. The molecule has 0 bridgehead atoms. The van der Waals surface area contributed by atoms with E-state index in [-0.39, 0.29) is 18.1 Å². The van der Waals surface area contributed by atoms with Crippen LogP contribution in [0.1, 0.15) is 28.8 Å². The normalized spacial score (nSPS) is 23.8. The molecule has 2 fully saturated rings. The Kier molecular flexibility index (Phi) is 6.46. The number of nitrogens with one attached hydrogen (secondary N) is 2. The van der Waals surface area contributed by atoms with Crippen LogP contribution in [0.15, 0.2) is 29.3 Å². The minimum absolute atomic E-state index is 0.0798. The standard InChI is InChI=1S/C19H28N4O3/c1-20-18(24)15-6-3-5-14(11-15)12-22-19(21-2)23-8-10-26-17(13-23)16-7-4-9-25-16/h3,5-6,11,16-17H,4,7-10,12-13H2,1-2H3,(H,20,24)(H,21,22). The van der Waals surface area contributed by atoms with Crippen molar-refractivity contribution in [1.82, 2.24) is 15.5 Å². The summed E-state index contributed by atoms with van der Waals surface area (Å²) < 4.78 is 11.7. The molecule has 0 radical (unpaired) electrons. The summed E-state index contributed by atoms with van der Waals surface area (Å²) in [5, 5.41) is 6.05. The van der Waals surface area contributed by atoms with Crippen LogP contribution in [0.2, 0.25) is 0 Å². The second-order valence-corrected chi connectivity index (χ2v) is 6.59. The van der Waals surface area contributed by atoms with Crippen molar-refractivity contribution in [3.63, 3.8) is 0 Å². The van der Waals surface area contributed by atoms with Crippen LogP contribution in [0.3, 0.4) is 0 Å². The Morgan fingerprint density at radius 1 is 1.31 bits per heavy atom. The summed E-state index contributed by atoms with van der Waals surface area (Å²) in [6.07, 6.45) is 2.47. The van der Waals surface area contributed by atoms with Crippen molar-refractivity contribution in [3.8, 4) is 0 Å². The zero-order chi connectivity index (χ0) is 18.4. The Hall–Kier alpha value is -2.12. The van der Waals surface area contributed by atoms with Gasteiger partial charge in [0.25, 0.3) is 5.91 Å². The van der Waals surface area contributed by atoms with Crippen LogP contribution in [-0.4, -0.2) is 69.4 Å².